The molecule has 204 valence electrons. The van der Waals surface area contributed by atoms with Gasteiger partial charge in [0.2, 0.25) is 5.96 Å². The summed E-state index contributed by atoms with van der Waals surface area (Å²) in [6.45, 7) is 5.78. The molecule has 0 amide bonds. The normalized spacial score (nSPS) is 18.8. The second-order valence-electron chi connectivity index (χ2n) is 9.47. The molecular formula is C29H32Cl2N6S2. The van der Waals surface area contributed by atoms with Crippen molar-refractivity contribution < 1.29 is 0 Å². The Kier molecular flexibility index (Phi) is 10.1. The number of hydrogen-bond donors (Lipinski definition) is 1. The third-order valence-corrected chi connectivity index (χ3v) is 9.06. The molecule has 3 aromatic carbocycles. The van der Waals surface area contributed by atoms with Crippen molar-refractivity contribution in [1.29, 1.82) is 0 Å². The summed E-state index contributed by atoms with van der Waals surface area (Å²) in [5.41, 5.74) is 3.30. The number of nitrogens with zero attached hydrogens (tertiary/aromatic N) is 5. The van der Waals surface area contributed by atoms with Crippen LogP contribution in [-0.2, 0) is 0 Å². The maximum Gasteiger partial charge on any atom is 0.225 e. The van der Waals surface area contributed by atoms with Gasteiger partial charge in [-0.25, -0.2) is 14.3 Å². The van der Waals surface area contributed by atoms with E-state index in [9.17, 15) is 0 Å². The highest BCUT2D eigenvalue weighted by molar-refractivity contribution is 7.98. The Morgan fingerprint density at radius 2 is 1.59 bits per heavy atom. The van der Waals surface area contributed by atoms with Crippen LogP contribution in [0.2, 0.25) is 10.0 Å². The largest absolute Gasteiger partial charge is 0.304 e. The second kappa shape index (κ2) is 13.9. The first kappa shape index (κ1) is 28.3. The van der Waals surface area contributed by atoms with Crippen LogP contribution in [0, 0.1) is 0 Å². The molecule has 0 spiro atoms. The molecule has 0 aliphatic carbocycles. The number of rotatable bonds is 8. The zero-order valence-corrected chi connectivity index (χ0v) is 25.0. The Balaban J connectivity index is 1.35. The molecule has 1 fully saturated rings. The number of piperazine rings is 1. The minimum atomic E-state index is 0.111. The molecule has 39 heavy (non-hydrogen) atoms. The number of guanidine groups is 1. The highest BCUT2D eigenvalue weighted by Gasteiger charge is 2.31. The first-order valence-electron chi connectivity index (χ1n) is 13.0. The Labute approximate surface area is 249 Å². The Hall–Kier alpha value is -2.20. The molecule has 2 heterocycles. The van der Waals surface area contributed by atoms with Gasteiger partial charge in [-0.05, 0) is 66.5 Å². The maximum atomic E-state index is 6.20. The first-order chi connectivity index (χ1) is 19.0. The van der Waals surface area contributed by atoms with Crippen molar-refractivity contribution in [1.82, 2.24) is 18.9 Å². The van der Waals surface area contributed by atoms with Crippen molar-refractivity contribution in [3.05, 3.63) is 100 Å². The van der Waals surface area contributed by atoms with Gasteiger partial charge < -0.3 is 4.90 Å². The molecule has 0 radical (unpaired) electrons. The average Bonchev–Trinajstić information content (AvgIpc) is 3.41. The van der Waals surface area contributed by atoms with Crippen LogP contribution in [0.3, 0.4) is 0 Å². The first-order valence-corrected chi connectivity index (χ1v) is 15.5. The Morgan fingerprint density at radius 1 is 0.923 bits per heavy atom. The van der Waals surface area contributed by atoms with Crippen molar-refractivity contribution in [2.24, 2.45) is 10.1 Å². The van der Waals surface area contributed by atoms with Crippen LogP contribution in [0.4, 0.5) is 0 Å². The van der Waals surface area contributed by atoms with Crippen LogP contribution in [0.15, 0.2) is 93.9 Å². The standard InChI is InChI=1S/C29H32Cl2N6S2/c1-35-16-18-36(19-17-35)38-20-15-32-29(34-39-26-13-11-25(31)12-14-26)37-21-27(22-5-3-2-4-6-22)28(33-37)23-7-9-24(30)10-8-23/h2-14,27H,15-21H2,1H3,(H,32,34). The number of benzene rings is 3. The summed E-state index contributed by atoms with van der Waals surface area (Å²) in [7, 11) is 2.18. The second-order valence-corrected chi connectivity index (χ2v) is 12.4. The fourth-order valence-corrected chi connectivity index (χ4v) is 6.23. The molecule has 6 nitrogen and oxygen atoms in total. The quantitative estimate of drug-likeness (QED) is 0.141. The number of aliphatic imine (C=N–C) groups is 1. The van der Waals surface area contributed by atoms with E-state index >= 15 is 0 Å². The lowest BCUT2D eigenvalue weighted by atomic mass is 9.91. The van der Waals surface area contributed by atoms with E-state index in [1.807, 2.05) is 71.6 Å². The number of nitrogens with one attached hydrogen (secondary N) is 1. The van der Waals surface area contributed by atoms with E-state index in [-0.39, 0.29) is 5.92 Å². The molecule has 1 atom stereocenters. The summed E-state index contributed by atoms with van der Waals surface area (Å²) >= 11 is 15.7. The van der Waals surface area contributed by atoms with E-state index in [0.717, 1.165) is 59.1 Å². The molecule has 1 saturated heterocycles. The lowest BCUT2D eigenvalue weighted by Crippen LogP contribution is -2.41. The smallest absolute Gasteiger partial charge is 0.225 e. The van der Waals surface area contributed by atoms with E-state index in [0.29, 0.717) is 18.1 Å². The molecular weight excluding hydrogens is 567 g/mol. The number of likely N-dealkylation sites (N-methyl/N-ethyl adjacent to an activating group) is 1. The van der Waals surface area contributed by atoms with Crippen molar-refractivity contribution >= 4 is 58.8 Å². The number of hydrogen-bond acceptors (Lipinski definition) is 6. The lowest BCUT2D eigenvalue weighted by Gasteiger charge is -2.31. The van der Waals surface area contributed by atoms with Gasteiger partial charge in [0.1, 0.15) is 0 Å². The maximum absolute atomic E-state index is 6.20. The number of halogens is 2. The molecule has 0 saturated carbocycles. The third-order valence-electron chi connectivity index (χ3n) is 6.66. The van der Waals surface area contributed by atoms with Crippen LogP contribution in [0.1, 0.15) is 17.0 Å². The van der Waals surface area contributed by atoms with Crippen molar-refractivity contribution in [2.45, 2.75) is 10.8 Å². The van der Waals surface area contributed by atoms with E-state index in [4.69, 9.17) is 33.3 Å². The SMILES string of the molecule is CN1CCN(SCCN=C(NSc2ccc(Cl)cc2)N2CC(c3ccccc3)C(c3ccc(Cl)cc3)=N2)CC1. The van der Waals surface area contributed by atoms with Gasteiger partial charge in [-0.15, -0.1) is 0 Å². The molecule has 0 bridgehead atoms. The highest BCUT2D eigenvalue weighted by atomic mass is 35.5. The van der Waals surface area contributed by atoms with Crippen molar-refractivity contribution in [2.75, 3.05) is 52.1 Å². The fourth-order valence-electron chi connectivity index (χ4n) is 4.47. The minimum Gasteiger partial charge on any atom is -0.304 e. The molecule has 1 N–H and O–H groups in total. The zero-order chi connectivity index (χ0) is 27.0. The van der Waals surface area contributed by atoms with Gasteiger partial charge in [0.15, 0.2) is 0 Å². The predicted octanol–water partition coefficient (Wildman–Crippen LogP) is 6.35. The van der Waals surface area contributed by atoms with Crippen LogP contribution >= 0.6 is 47.1 Å². The zero-order valence-electron chi connectivity index (χ0n) is 21.8. The molecule has 3 aromatic rings. The van der Waals surface area contributed by atoms with Crippen LogP contribution in [0.5, 0.6) is 0 Å². The van der Waals surface area contributed by atoms with Gasteiger partial charge in [0, 0.05) is 52.8 Å². The average molecular weight is 600 g/mol. The lowest BCUT2D eigenvalue weighted by molar-refractivity contribution is 0.233. The Morgan fingerprint density at radius 3 is 2.28 bits per heavy atom. The van der Waals surface area contributed by atoms with Gasteiger partial charge in [-0.3, -0.25) is 4.72 Å². The van der Waals surface area contributed by atoms with Gasteiger partial charge in [0.05, 0.1) is 18.8 Å². The Bertz CT molecular complexity index is 1260. The highest BCUT2D eigenvalue weighted by Crippen LogP contribution is 2.30. The molecule has 10 heteroatoms. The van der Waals surface area contributed by atoms with Crippen molar-refractivity contribution in [3.63, 3.8) is 0 Å². The van der Waals surface area contributed by atoms with E-state index in [2.05, 4.69) is 45.2 Å². The van der Waals surface area contributed by atoms with E-state index < -0.39 is 0 Å². The van der Waals surface area contributed by atoms with E-state index in [1.165, 1.54) is 17.5 Å². The predicted molar refractivity (Wildman–Crippen MR) is 168 cm³/mol. The van der Waals surface area contributed by atoms with Crippen LogP contribution < -0.4 is 4.72 Å². The van der Waals surface area contributed by atoms with Gasteiger partial charge in [-0.1, -0.05) is 77.6 Å². The summed E-state index contributed by atoms with van der Waals surface area (Å²) in [5, 5.41) is 8.54. The minimum absolute atomic E-state index is 0.111. The van der Waals surface area contributed by atoms with E-state index in [1.54, 1.807) is 0 Å². The van der Waals surface area contributed by atoms with Gasteiger partial charge >= 0.3 is 0 Å². The summed E-state index contributed by atoms with van der Waals surface area (Å²) in [5.74, 6) is 1.78. The molecule has 5 rings (SSSR count). The van der Waals surface area contributed by atoms with Crippen LogP contribution in [-0.4, -0.2) is 78.0 Å². The van der Waals surface area contributed by atoms with Gasteiger partial charge in [0.25, 0.3) is 0 Å². The molecule has 2 aliphatic rings. The third kappa shape index (κ3) is 7.93. The fraction of sp³-hybridized carbons (Fsp3) is 0.310. The summed E-state index contributed by atoms with van der Waals surface area (Å²) in [4.78, 5) is 8.43. The molecule has 0 aromatic heterocycles. The number of hydrazone groups is 1. The molecule has 1 unspecified atom stereocenters. The van der Waals surface area contributed by atoms with Crippen LogP contribution in [0.25, 0.3) is 0 Å². The molecule has 2 aliphatic heterocycles. The van der Waals surface area contributed by atoms with Crippen molar-refractivity contribution in [3.8, 4) is 0 Å². The topological polar surface area (TPSA) is 46.5 Å². The summed E-state index contributed by atoms with van der Waals surface area (Å²) < 4.78 is 5.93. The summed E-state index contributed by atoms with van der Waals surface area (Å²) in [6.07, 6.45) is 0. The summed E-state index contributed by atoms with van der Waals surface area (Å²) in [6, 6.07) is 26.3. The van der Waals surface area contributed by atoms with Gasteiger partial charge in [-0.2, -0.15) is 5.10 Å². The monoisotopic (exact) mass is 598 g/mol.